The van der Waals surface area contributed by atoms with Crippen molar-refractivity contribution >= 4 is 23.5 Å². The molecule has 0 aliphatic heterocycles. The molecular formula is C15H25N3O2S. The SMILES string of the molecule is CCCNc1ncnc(SCC(=O)OC(C)(C)C)c1CC. The molecule has 1 aromatic rings. The van der Waals surface area contributed by atoms with Gasteiger partial charge in [-0.2, -0.15) is 0 Å². The molecule has 1 aromatic heterocycles. The Bertz CT molecular complexity index is 472. The molecule has 0 aliphatic carbocycles. The van der Waals surface area contributed by atoms with Gasteiger partial charge >= 0.3 is 5.97 Å². The van der Waals surface area contributed by atoms with Crippen molar-refractivity contribution in [2.24, 2.45) is 0 Å². The number of carbonyl (C=O) groups excluding carboxylic acids is 1. The van der Waals surface area contributed by atoms with Crippen molar-refractivity contribution in [2.75, 3.05) is 17.6 Å². The van der Waals surface area contributed by atoms with Crippen molar-refractivity contribution in [3.05, 3.63) is 11.9 Å². The summed E-state index contributed by atoms with van der Waals surface area (Å²) in [5, 5.41) is 4.14. The molecule has 1 rings (SSSR count). The highest BCUT2D eigenvalue weighted by Crippen LogP contribution is 2.26. The summed E-state index contributed by atoms with van der Waals surface area (Å²) < 4.78 is 5.31. The first-order valence-corrected chi connectivity index (χ1v) is 8.28. The first-order valence-electron chi connectivity index (χ1n) is 7.29. The lowest BCUT2D eigenvalue weighted by molar-refractivity contribution is -0.151. The van der Waals surface area contributed by atoms with E-state index < -0.39 is 5.60 Å². The fourth-order valence-corrected chi connectivity index (χ4v) is 2.58. The van der Waals surface area contributed by atoms with E-state index in [2.05, 4.69) is 29.1 Å². The van der Waals surface area contributed by atoms with Crippen LogP contribution in [0.1, 0.15) is 46.6 Å². The zero-order chi connectivity index (χ0) is 15.9. The topological polar surface area (TPSA) is 64.1 Å². The molecule has 0 amide bonds. The van der Waals surface area contributed by atoms with Crippen molar-refractivity contribution < 1.29 is 9.53 Å². The summed E-state index contributed by atoms with van der Waals surface area (Å²) in [7, 11) is 0. The number of hydrogen-bond donors (Lipinski definition) is 1. The number of rotatable bonds is 7. The van der Waals surface area contributed by atoms with E-state index in [1.807, 2.05) is 20.8 Å². The average molecular weight is 311 g/mol. The Hall–Kier alpha value is -1.30. The third-order valence-corrected chi connectivity index (χ3v) is 3.55. The van der Waals surface area contributed by atoms with Crippen LogP contribution in [0.4, 0.5) is 5.82 Å². The van der Waals surface area contributed by atoms with Crippen LogP contribution in [-0.4, -0.2) is 33.8 Å². The van der Waals surface area contributed by atoms with Gasteiger partial charge in [-0.15, -0.1) is 0 Å². The first-order chi connectivity index (χ1) is 9.87. The number of aromatic nitrogens is 2. The monoisotopic (exact) mass is 311 g/mol. The minimum Gasteiger partial charge on any atom is -0.459 e. The Morgan fingerprint density at radius 3 is 2.62 bits per heavy atom. The third-order valence-electron chi connectivity index (χ3n) is 2.55. The van der Waals surface area contributed by atoms with Gasteiger partial charge in [0.1, 0.15) is 22.8 Å². The highest BCUT2D eigenvalue weighted by Gasteiger charge is 2.18. The Morgan fingerprint density at radius 1 is 1.33 bits per heavy atom. The lowest BCUT2D eigenvalue weighted by Crippen LogP contribution is -2.25. The van der Waals surface area contributed by atoms with E-state index in [-0.39, 0.29) is 11.7 Å². The van der Waals surface area contributed by atoms with Crippen LogP contribution in [-0.2, 0) is 16.0 Å². The maximum absolute atomic E-state index is 11.8. The Labute approximate surface area is 131 Å². The Kier molecular flexibility index (Phi) is 6.95. The third kappa shape index (κ3) is 6.33. The summed E-state index contributed by atoms with van der Waals surface area (Å²) in [6, 6.07) is 0. The summed E-state index contributed by atoms with van der Waals surface area (Å²) in [5.74, 6) is 0.895. The summed E-state index contributed by atoms with van der Waals surface area (Å²) in [4.78, 5) is 20.4. The van der Waals surface area contributed by atoms with E-state index in [9.17, 15) is 4.79 Å². The maximum Gasteiger partial charge on any atom is 0.316 e. The molecule has 0 fully saturated rings. The predicted octanol–water partition coefficient (Wildman–Crippen LogP) is 3.29. The highest BCUT2D eigenvalue weighted by atomic mass is 32.2. The van der Waals surface area contributed by atoms with Gasteiger partial charge < -0.3 is 10.1 Å². The Balaban J connectivity index is 2.72. The standard InChI is InChI=1S/C15H25N3O2S/c1-6-8-16-13-11(7-2)14(18-10-17-13)21-9-12(19)20-15(3,4)5/h10H,6-9H2,1-5H3,(H,16,17,18). The minimum atomic E-state index is -0.454. The normalized spacial score (nSPS) is 11.3. The molecule has 1 heterocycles. The summed E-state index contributed by atoms with van der Waals surface area (Å²) >= 11 is 1.40. The predicted molar refractivity (Wildman–Crippen MR) is 86.8 cm³/mol. The van der Waals surface area contributed by atoms with Gasteiger partial charge in [0.25, 0.3) is 0 Å². The highest BCUT2D eigenvalue weighted by molar-refractivity contribution is 7.99. The second-order valence-electron chi connectivity index (χ2n) is 5.66. The quantitative estimate of drug-likeness (QED) is 0.473. The van der Waals surface area contributed by atoms with Crippen molar-refractivity contribution in [3.63, 3.8) is 0 Å². The van der Waals surface area contributed by atoms with Gasteiger partial charge in [-0.3, -0.25) is 4.79 Å². The number of ether oxygens (including phenoxy) is 1. The van der Waals surface area contributed by atoms with Crippen LogP contribution < -0.4 is 5.32 Å². The van der Waals surface area contributed by atoms with Gasteiger partial charge in [-0.1, -0.05) is 25.6 Å². The van der Waals surface area contributed by atoms with E-state index in [0.29, 0.717) is 0 Å². The minimum absolute atomic E-state index is 0.226. The molecule has 0 unspecified atom stereocenters. The van der Waals surface area contributed by atoms with Gasteiger partial charge in [-0.25, -0.2) is 9.97 Å². The molecule has 0 radical (unpaired) electrons. The summed E-state index contributed by atoms with van der Waals surface area (Å²) in [5.41, 5.74) is 0.601. The van der Waals surface area contributed by atoms with Crippen LogP contribution in [0, 0.1) is 0 Å². The number of hydrogen-bond acceptors (Lipinski definition) is 6. The largest absolute Gasteiger partial charge is 0.459 e. The molecule has 0 spiro atoms. The second-order valence-corrected chi connectivity index (χ2v) is 6.63. The average Bonchev–Trinajstić information content (AvgIpc) is 2.40. The van der Waals surface area contributed by atoms with E-state index in [0.717, 1.165) is 35.8 Å². The maximum atomic E-state index is 11.8. The van der Waals surface area contributed by atoms with Gasteiger partial charge in [0, 0.05) is 12.1 Å². The van der Waals surface area contributed by atoms with Gasteiger partial charge in [0.2, 0.25) is 0 Å². The molecule has 0 bridgehead atoms. The smallest absolute Gasteiger partial charge is 0.316 e. The van der Waals surface area contributed by atoms with Crippen molar-refractivity contribution in [3.8, 4) is 0 Å². The Morgan fingerprint density at radius 2 is 2.05 bits per heavy atom. The molecule has 21 heavy (non-hydrogen) atoms. The van der Waals surface area contributed by atoms with E-state index in [1.54, 1.807) is 0 Å². The van der Waals surface area contributed by atoms with Crippen LogP contribution in [0.15, 0.2) is 11.4 Å². The van der Waals surface area contributed by atoms with Crippen molar-refractivity contribution in [1.29, 1.82) is 0 Å². The van der Waals surface area contributed by atoms with E-state index in [4.69, 9.17) is 4.74 Å². The first kappa shape index (κ1) is 17.8. The molecule has 0 saturated heterocycles. The van der Waals surface area contributed by atoms with Crippen LogP contribution in [0.2, 0.25) is 0 Å². The molecule has 1 N–H and O–H groups in total. The second kappa shape index (κ2) is 8.22. The molecular weight excluding hydrogens is 286 g/mol. The molecule has 5 nitrogen and oxygen atoms in total. The molecule has 0 atom stereocenters. The van der Waals surface area contributed by atoms with Crippen LogP contribution in [0.25, 0.3) is 0 Å². The number of anilines is 1. The molecule has 0 saturated carbocycles. The van der Waals surface area contributed by atoms with Crippen molar-refractivity contribution in [1.82, 2.24) is 9.97 Å². The van der Waals surface area contributed by atoms with E-state index in [1.165, 1.54) is 18.1 Å². The van der Waals surface area contributed by atoms with E-state index >= 15 is 0 Å². The zero-order valence-corrected chi connectivity index (χ0v) is 14.3. The number of carbonyl (C=O) groups is 1. The molecule has 118 valence electrons. The fourth-order valence-electron chi connectivity index (χ4n) is 1.73. The van der Waals surface area contributed by atoms with Gasteiger partial charge in [0.05, 0.1) is 5.75 Å². The molecule has 0 aromatic carbocycles. The zero-order valence-electron chi connectivity index (χ0n) is 13.5. The van der Waals surface area contributed by atoms with Crippen LogP contribution in [0.3, 0.4) is 0 Å². The lowest BCUT2D eigenvalue weighted by Gasteiger charge is -2.19. The number of nitrogens with one attached hydrogen (secondary N) is 1. The number of thioether (sulfide) groups is 1. The van der Waals surface area contributed by atoms with Crippen molar-refractivity contribution in [2.45, 2.75) is 58.1 Å². The molecule has 0 aliphatic rings. The number of nitrogens with zero attached hydrogens (tertiary/aromatic N) is 2. The molecule has 6 heteroatoms. The fraction of sp³-hybridized carbons (Fsp3) is 0.667. The number of esters is 1. The van der Waals surface area contributed by atoms with Crippen LogP contribution >= 0.6 is 11.8 Å². The summed E-state index contributed by atoms with van der Waals surface area (Å²) in [6.45, 7) is 10.6. The lowest BCUT2D eigenvalue weighted by atomic mass is 10.2. The summed E-state index contributed by atoms with van der Waals surface area (Å²) in [6.07, 6.45) is 3.39. The van der Waals surface area contributed by atoms with Gasteiger partial charge in [0.15, 0.2) is 0 Å². The van der Waals surface area contributed by atoms with Crippen LogP contribution in [0.5, 0.6) is 0 Å². The van der Waals surface area contributed by atoms with Gasteiger partial charge in [-0.05, 0) is 33.6 Å².